The lowest BCUT2D eigenvalue weighted by Gasteiger charge is -2.34. The van der Waals surface area contributed by atoms with Gasteiger partial charge in [0, 0.05) is 44.6 Å². The number of nitrogens with zero attached hydrogens (tertiary/aromatic N) is 5. The van der Waals surface area contributed by atoms with Crippen molar-refractivity contribution in [3.63, 3.8) is 0 Å². The SMILES string of the molecule is O=Nc1ccc(NC(=O)N2CCN(Cc3ccc4nc(-c5ccccn5)[nH]c4c3)CC2)cc1. The molecule has 2 amide bonds. The molecule has 5 rings (SSSR count). The lowest BCUT2D eigenvalue weighted by molar-refractivity contribution is 0.143. The number of pyridine rings is 1. The maximum absolute atomic E-state index is 12.5. The molecular formula is C24H23N7O2. The molecule has 2 aromatic carbocycles. The van der Waals surface area contributed by atoms with Crippen molar-refractivity contribution < 1.29 is 4.79 Å². The van der Waals surface area contributed by atoms with E-state index in [1.807, 2.05) is 24.3 Å². The minimum atomic E-state index is -0.137. The van der Waals surface area contributed by atoms with Crippen LogP contribution in [-0.2, 0) is 6.54 Å². The summed E-state index contributed by atoms with van der Waals surface area (Å²) < 4.78 is 0. The Morgan fingerprint density at radius 3 is 2.58 bits per heavy atom. The van der Waals surface area contributed by atoms with Crippen LogP contribution in [0.15, 0.2) is 72.0 Å². The first-order valence-electron chi connectivity index (χ1n) is 10.8. The van der Waals surface area contributed by atoms with E-state index in [-0.39, 0.29) is 6.03 Å². The van der Waals surface area contributed by atoms with Crippen molar-refractivity contribution in [3.8, 4) is 11.5 Å². The van der Waals surface area contributed by atoms with Gasteiger partial charge in [-0.25, -0.2) is 9.78 Å². The second-order valence-corrected chi connectivity index (χ2v) is 7.98. The van der Waals surface area contributed by atoms with Crippen LogP contribution in [0.4, 0.5) is 16.2 Å². The number of anilines is 1. The van der Waals surface area contributed by atoms with Gasteiger partial charge < -0.3 is 15.2 Å². The Bertz CT molecular complexity index is 1260. The van der Waals surface area contributed by atoms with E-state index in [0.29, 0.717) is 24.5 Å². The van der Waals surface area contributed by atoms with E-state index in [4.69, 9.17) is 0 Å². The van der Waals surface area contributed by atoms with E-state index in [1.54, 1.807) is 35.4 Å². The summed E-state index contributed by atoms with van der Waals surface area (Å²) in [4.78, 5) is 39.6. The number of carbonyl (C=O) groups excluding carboxylic acids is 1. The van der Waals surface area contributed by atoms with E-state index in [2.05, 4.69) is 42.5 Å². The number of piperazine rings is 1. The Kier molecular flexibility index (Phi) is 5.77. The largest absolute Gasteiger partial charge is 0.337 e. The van der Waals surface area contributed by atoms with Crippen LogP contribution in [-0.4, -0.2) is 57.0 Å². The molecule has 0 atom stereocenters. The molecule has 3 heterocycles. The van der Waals surface area contributed by atoms with Crippen molar-refractivity contribution in [3.05, 3.63) is 77.3 Å². The number of aromatic amines is 1. The molecule has 0 saturated carbocycles. The Labute approximate surface area is 190 Å². The average Bonchev–Trinajstić information content (AvgIpc) is 3.29. The number of hydrogen-bond acceptors (Lipinski definition) is 6. The molecular weight excluding hydrogens is 418 g/mol. The van der Waals surface area contributed by atoms with Crippen molar-refractivity contribution in [1.29, 1.82) is 0 Å². The van der Waals surface area contributed by atoms with E-state index in [9.17, 15) is 9.70 Å². The Morgan fingerprint density at radius 1 is 1.03 bits per heavy atom. The van der Waals surface area contributed by atoms with Crippen LogP contribution in [0.3, 0.4) is 0 Å². The van der Waals surface area contributed by atoms with Gasteiger partial charge in [0.25, 0.3) is 0 Å². The van der Waals surface area contributed by atoms with Crippen LogP contribution in [0.2, 0.25) is 0 Å². The molecule has 1 aliphatic heterocycles. The quantitative estimate of drug-likeness (QED) is 0.447. The highest BCUT2D eigenvalue weighted by Gasteiger charge is 2.21. The number of amides is 2. The molecule has 0 radical (unpaired) electrons. The Balaban J connectivity index is 1.17. The smallest absolute Gasteiger partial charge is 0.321 e. The molecule has 1 fully saturated rings. The highest BCUT2D eigenvalue weighted by molar-refractivity contribution is 5.89. The summed E-state index contributed by atoms with van der Waals surface area (Å²) in [5.41, 5.74) is 4.90. The summed E-state index contributed by atoms with van der Waals surface area (Å²) in [7, 11) is 0. The third kappa shape index (κ3) is 4.73. The van der Waals surface area contributed by atoms with Gasteiger partial charge >= 0.3 is 6.03 Å². The Morgan fingerprint density at radius 2 is 1.85 bits per heavy atom. The summed E-state index contributed by atoms with van der Waals surface area (Å²) in [5.74, 6) is 0.763. The summed E-state index contributed by atoms with van der Waals surface area (Å²) >= 11 is 0. The lowest BCUT2D eigenvalue weighted by atomic mass is 10.1. The van der Waals surface area contributed by atoms with Gasteiger partial charge in [0.2, 0.25) is 0 Å². The van der Waals surface area contributed by atoms with Gasteiger partial charge in [-0.3, -0.25) is 9.88 Å². The monoisotopic (exact) mass is 441 g/mol. The number of fused-ring (bicyclic) bond motifs is 1. The molecule has 4 aromatic rings. The predicted molar refractivity (Wildman–Crippen MR) is 127 cm³/mol. The number of aromatic nitrogens is 3. The predicted octanol–water partition coefficient (Wildman–Crippen LogP) is 4.37. The molecule has 2 aromatic heterocycles. The number of nitrogens with one attached hydrogen (secondary N) is 2. The molecule has 1 saturated heterocycles. The third-order valence-electron chi connectivity index (χ3n) is 5.74. The number of nitroso groups, excluding NO2 is 1. The van der Waals surface area contributed by atoms with Crippen LogP contribution in [0.1, 0.15) is 5.56 Å². The third-order valence-corrected chi connectivity index (χ3v) is 5.74. The first-order chi connectivity index (χ1) is 16.2. The summed E-state index contributed by atoms with van der Waals surface area (Å²) in [6.45, 7) is 3.69. The molecule has 0 spiro atoms. The number of H-pyrrole nitrogens is 1. The van der Waals surface area contributed by atoms with Crippen molar-refractivity contribution in [2.45, 2.75) is 6.54 Å². The molecule has 166 valence electrons. The van der Waals surface area contributed by atoms with Crippen molar-refractivity contribution >= 4 is 28.4 Å². The minimum Gasteiger partial charge on any atom is -0.337 e. The maximum atomic E-state index is 12.5. The van der Waals surface area contributed by atoms with Crippen molar-refractivity contribution in [1.82, 2.24) is 24.8 Å². The van der Waals surface area contributed by atoms with Gasteiger partial charge in [-0.15, -0.1) is 4.91 Å². The lowest BCUT2D eigenvalue weighted by Crippen LogP contribution is -2.49. The van der Waals surface area contributed by atoms with E-state index < -0.39 is 0 Å². The zero-order valence-electron chi connectivity index (χ0n) is 17.9. The van der Waals surface area contributed by atoms with Crippen LogP contribution in [0.5, 0.6) is 0 Å². The van der Waals surface area contributed by atoms with E-state index >= 15 is 0 Å². The average molecular weight is 441 g/mol. The van der Waals surface area contributed by atoms with Crippen molar-refractivity contribution in [2.75, 3.05) is 31.5 Å². The van der Waals surface area contributed by atoms with Gasteiger partial charge in [-0.05, 0) is 59.3 Å². The first-order valence-corrected chi connectivity index (χ1v) is 10.8. The second kappa shape index (κ2) is 9.17. The summed E-state index contributed by atoms with van der Waals surface area (Å²) in [5, 5.41) is 5.74. The fourth-order valence-electron chi connectivity index (χ4n) is 3.95. The number of hydrogen-bond donors (Lipinski definition) is 2. The highest BCUT2D eigenvalue weighted by Crippen LogP contribution is 2.21. The number of benzene rings is 2. The summed E-state index contributed by atoms with van der Waals surface area (Å²) in [6, 6.07) is 18.4. The highest BCUT2D eigenvalue weighted by atomic mass is 16.3. The Hall–Kier alpha value is -4.11. The second-order valence-electron chi connectivity index (χ2n) is 7.98. The number of imidazole rings is 1. The van der Waals surface area contributed by atoms with Gasteiger partial charge in [0.05, 0.1) is 11.0 Å². The zero-order valence-corrected chi connectivity index (χ0v) is 17.9. The standard InChI is InChI=1S/C24H23N7O2/c32-24(26-18-5-7-19(29-33)8-6-18)31-13-11-30(12-14-31)16-17-4-9-20-22(15-17)28-23(27-20)21-3-1-2-10-25-21/h1-10,15H,11-14,16H2,(H,26,32)(H,27,28). The van der Waals surface area contributed by atoms with Crippen LogP contribution in [0, 0.1) is 4.91 Å². The fraction of sp³-hybridized carbons (Fsp3) is 0.208. The van der Waals surface area contributed by atoms with Gasteiger partial charge in [-0.2, -0.15) is 0 Å². The van der Waals surface area contributed by atoms with Gasteiger partial charge in [0.1, 0.15) is 11.4 Å². The molecule has 0 unspecified atom stereocenters. The molecule has 2 N–H and O–H groups in total. The topological polar surface area (TPSA) is 107 Å². The van der Waals surface area contributed by atoms with E-state index in [1.165, 1.54) is 5.56 Å². The molecule has 9 heteroatoms. The molecule has 0 aliphatic carbocycles. The minimum absolute atomic E-state index is 0.137. The molecule has 9 nitrogen and oxygen atoms in total. The van der Waals surface area contributed by atoms with E-state index in [0.717, 1.165) is 42.2 Å². The van der Waals surface area contributed by atoms with Crippen LogP contribution in [0.25, 0.3) is 22.6 Å². The van der Waals surface area contributed by atoms with Gasteiger partial charge in [0.15, 0.2) is 5.82 Å². The molecule has 1 aliphatic rings. The zero-order chi connectivity index (χ0) is 22.6. The fourth-order valence-corrected chi connectivity index (χ4v) is 3.95. The molecule has 33 heavy (non-hydrogen) atoms. The van der Waals surface area contributed by atoms with Crippen molar-refractivity contribution in [2.24, 2.45) is 5.18 Å². The number of carbonyl (C=O) groups is 1. The normalized spacial score (nSPS) is 14.4. The van der Waals surface area contributed by atoms with Crippen LogP contribution >= 0.6 is 0 Å². The first kappa shape index (κ1) is 20.8. The van der Waals surface area contributed by atoms with Gasteiger partial charge in [-0.1, -0.05) is 12.1 Å². The summed E-state index contributed by atoms with van der Waals surface area (Å²) in [6.07, 6.45) is 1.76. The molecule has 0 bridgehead atoms. The van der Waals surface area contributed by atoms with Crippen LogP contribution < -0.4 is 5.32 Å². The maximum Gasteiger partial charge on any atom is 0.321 e. The number of urea groups is 1. The number of rotatable bonds is 5.